The van der Waals surface area contributed by atoms with Gasteiger partial charge < -0.3 is 9.80 Å². The minimum absolute atomic E-state index is 0.0591. The lowest BCUT2D eigenvalue weighted by molar-refractivity contribution is 0.0529. The van der Waals surface area contributed by atoms with Crippen molar-refractivity contribution in [1.29, 1.82) is 0 Å². The number of aromatic amines is 1. The van der Waals surface area contributed by atoms with Crippen molar-refractivity contribution in [1.82, 2.24) is 20.0 Å². The molecule has 0 bridgehead atoms. The second-order valence-corrected chi connectivity index (χ2v) is 7.53. The first-order valence-corrected chi connectivity index (χ1v) is 9.90. The van der Waals surface area contributed by atoms with E-state index in [-0.39, 0.29) is 17.4 Å². The predicted molar refractivity (Wildman–Crippen MR) is 112 cm³/mol. The van der Waals surface area contributed by atoms with Crippen molar-refractivity contribution in [2.45, 2.75) is 13.8 Å². The number of aryl methyl sites for hydroxylation is 2. The zero-order chi connectivity index (χ0) is 21.3. The maximum Gasteiger partial charge on any atom is 0.272 e. The van der Waals surface area contributed by atoms with Gasteiger partial charge in [-0.2, -0.15) is 5.10 Å². The number of hydrogen-bond acceptors (Lipinski definition) is 3. The van der Waals surface area contributed by atoms with Crippen molar-refractivity contribution < 1.29 is 14.0 Å². The molecule has 0 spiro atoms. The summed E-state index contributed by atoms with van der Waals surface area (Å²) in [4.78, 5) is 28.7. The highest BCUT2D eigenvalue weighted by Crippen LogP contribution is 2.22. The number of nitrogens with one attached hydrogen (secondary N) is 1. The summed E-state index contributed by atoms with van der Waals surface area (Å²) >= 11 is 0. The lowest BCUT2D eigenvalue weighted by Gasteiger charge is -2.34. The van der Waals surface area contributed by atoms with Crippen molar-refractivity contribution in [2.75, 3.05) is 26.2 Å². The average molecular weight is 406 g/mol. The minimum Gasteiger partial charge on any atom is -0.335 e. The third-order valence-corrected chi connectivity index (χ3v) is 5.57. The van der Waals surface area contributed by atoms with Gasteiger partial charge in [-0.25, -0.2) is 4.39 Å². The number of hydrogen-bond donors (Lipinski definition) is 1. The van der Waals surface area contributed by atoms with E-state index in [4.69, 9.17) is 0 Å². The van der Waals surface area contributed by atoms with Crippen LogP contribution in [0.1, 0.15) is 32.0 Å². The van der Waals surface area contributed by atoms with Crippen LogP contribution in [-0.4, -0.2) is 58.0 Å². The van der Waals surface area contributed by atoms with E-state index in [1.54, 1.807) is 28.0 Å². The van der Waals surface area contributed by atoms with Crippen LogP contribution in [0, 0.1) is 19.7 Å². The molecule has 1 fully saturated rings. The van der Waals surface area contributed by atoms with Crippen LogP contribution in [0.2, 0.25) is 0 Å². The van der Waals surface area contributed by atoms with Crippen LogP contribution in [0.3, 0.4) is 0 Å². The van der Waals surface area contributed by atoms with Gasteiger partial charge in [-0.3, -0.25) is 14.7 Å². The fourth-order valence-corrected chi connectivity index (χ4v) is 3.57. The number of carbonyl (C=O) groups excluding carboxylic acids is 2. The molecular formula is C23H23FN4O2. The average Bonchev–Trinajstić information content (AvgIpc) is 3.25. The van der Waals surface area contributed by atoms with E-state index in [2.05, 4.69) is 17.1 Å². The third-order valence-electron chi connectivity index (χ3n) is 5.57. The summed E-state index contributed by atoms with van der Waals surface area (Å²) in [6.07, 6.45) is 0. The lowest BCUT2D eigenvalue weighted by Crippen LogP contribution is -2.50. The molecule has 0 aliphatic carbocycles. The van der Waals surface area contributed by atoms with E-state index in [0.29, 0.717) is 31.9 Å². The van der Waals surface area contributed by atoms with Crippen molar-refractivity contribution in [3.05, 3.63) is 76.7 Å². The van der Waals surface area contributed by atoms with Crippen LogP contribution in [0.25, 0.3) is 11.3 Å². The molecule has 0 saturated carbocycles. The number of halogens is 1. The monoisotopic (exact) mass is 406 g/mol. The van der Waals surface area contributed by atoms with Gasteiger partial charge >= 0.3 is 0 Å². The summed E-state index contributed by atoms with van der Waals surface area (Å²) in [5, 5.41) is 7.12. The molecule has 7 heteroatoms. The van der Waals surface area contributed by atoms with Crippen molar-refractivity contribution in [3.63, 3.8) is 0 Å². The quantitative estimate of drug-likeness (QED) is 0.725. The molecule has 4 rings (SSSR count). The van der Waals surface area contributed by atoms with Crippen LogP contribution < -0.4 is 0 Å². The van der Waals surface area contributed by atoms with Gasteiger partial charge in [0.1, 0.15) is 11.5 Å². The van der Waals surface area contributed by atoms with E-state index in [1.807, 2.05) is 25.1 Å². The van der Waals surface area contributed by atoms with Crippen molar-refractivity contribution in [3.8, 4) is 11.3 Å². The molecule has 0 radical (unpaired) electrons. The summed E-state index contributed by atoms with van der Waals surface area (Å²) in [5.74, 6) is -1.04. The number of nitrogens with zero attached hydrogens (tertiary/aromatic N) is 3. The molecule has 0 atom stereocenters. The Bertz CT molecular complexity index is 1100. The summed E-state index contributed by atoms with van der Waals surface area (Å²) in [6, 6.07) is 13.8. The number of H-pyrrole nitrogens is 1. The predicted octanol–water partition coefficient (Wildman–Crippen LogP) is 3.43. The summed E-state index contributed by atoms with van der Waals surface area (Å²) < 4.78 is 13.9. The zero-order valence-corrected chi connectivity index (χ0v) is 17.0. The summed E-state index contributed by atoms with van der Waals surface area (Å²) in [6.45, 7) is 5.58. The van der Waals surface area contributed by atoms with Gasteiger partial charge in [0.15, 0.2) is 0 Å². The Balaban J connectivity index is 1.41. The summed E-state index contributed by atoms with van der Waals surface area (Å²) in [7, 11) is 0. The highest BCUT2D eigenvalue weighted by molar-refractivity contribution is 5.95. The Morgan fingerprint density at radius 1 is 0.900 bits per heavy atom. The van der Waals surface area contributed by atoms with E-state index in [1.165, 1.54) is 23.3 Å². The van der Waals surface area contributed by atoms with Crippen LogP contribution >= 0.6 is 0 Å². The topological polar surface area (TPSA) is 69.3 Å². The number of aromatic nitrogens is 2. The lowest BCUT2D eigenvalue weighted by atomic mass is 10.0. The van der Waals surface area contributed by atoms with Gasteiger partial charge in [0, 0.05) is 31.7 Å². The first-order chi connectivity index (χ1) is 14.4. The maximum atomic E-state index is 13.9. The van der Waals surface area contributed by atoms with E-state index >= 15 is 0 Å². The molecule has 30 heavy (non-hydrogen) atoms. The molecule has 3 aromatic rings. The Morgan fingerprint density at radius 3 is 2.23 bits per heavy atom. The number of piperazine rings is 1. The van der Waals surface area contributed by atoms with Gasteiger partial charge in [-0.15, -0.1) is 0 Å². The minimum atomic E-state index is -0.530. The Kier molecular flexibility index (Phi) is 5.35. The fourth-order valence-electron chi connectivity index (χ4n) is 3.57. The standard InChI is InChI=1S/C23H23FN4O2/c1-15-7-8-17(13-16(15)2)20-14-21(26-25-20)23(30)28-11-9-27(10-12-28)22(29)18-5-3-4-6-19(18)24/h3-8,13-14H,9-12H2,1-2H3,(H,25,26). The molecule has 1 saturated heterocycles. The summed E-state index contributed by atoms with van der Waals surface area (Å²) in [5.41, 5.74) is 4.51. The van der Waals surface area contributed by atoms with Gasteiger partial charge in [-0.05, 0) is 49.2 Å². The third kappa shape index (κ3) is 3.83. The Hall–Kier alpha value is -3.48. The smallest absolute Gasteiger partial charge is 0.272 e. The van der Waals surface area contributed by atoms with Crippen LogP contribution in [0.5, 0.6) is 0 Å². The fraction of sp³-hybridized carbons (Fsp3) is 0.261. The molecule has 2 aromatic carbocycles. The first-order valence-electron chi connectivity index (χ1n) is 9.90. The van der Waals surface area contributed by atoms with E-state index in [9.17, 15) is 14.0 Å². The number of rotatable bonds is 3. The van der Waals surface area contributed by atoms with Gasteiger partial charge in [0.2, 0.25) is 0 Å². The molecular weight excluding hydrogens is 383 g/mol. The Morgan fingerprint density at radius 2 is 1.57 bits per heavy atom. The van der Waals surface area contributed by atoms with Gasteiger partial charge in [-0.1, -0.05) is 24.3 Å². The molecule has 2 amide bonds. The molecule has 2 heterocycles. The highest BCUT2D eigenvalue weighted by atomic mass is 19.1. The number of benzene rings is 2. The number of carbonyl (C=O) groups is 2. The molecule has 1 aliphatic heterocycles. The Labute approximate surface area is 174 Å². The molecule has 6 nitrogen and oxygen atoms in total. The number of amides is 2. The van der Waals surface area contributed by atoms with E-state index in [0.717, 1.165) is 11.3 Å². The van der Waals surface area contributed by atoms with E-state index < -0.39 is 5.82 Å². The van der Waals surface area contributed by atoms with Crippen LogP contribution in [0.15, 0.2) is 48.5 Å². The molecule has 0 unspecified atom stereocenters. The van der Waals surface area contributed by atoms with Crippen LogP contribution in [-0.2, 0) is 0 Å². The van der Waals surface area contributed by atoms with Gasteiger partial charge in [0.05, 0.1) is 11.3 Å². The highest BCUT2D eigenvalue weighted by Gasteiger charge is 2.27. The second-order valence-electron chi connectivity index (χ2n) is 7.53. The first kappa shape index (κ1) is 19.8. The molecule has 1 N–H and O–H groups in total. The second kappa shape index (κ2) is 8.10. The largest absolute Gasteiger partial charge is 0.335 e. The molecule has 1 aromatic heterocycles. The molecule has 1 aliphatic rings. The zero-order valence-electron chi connectivity index (χ0n) is 17.0. The van der Waals surface area contributed by atoms with Crippen LogP contribution in [0.4, 0.5) is 4.39 Å². The van der Waals surface area contributed by atoms with Crippen molar-refractivity contribution >= 4 is 11.8 Å². The SMILES string of the molecule is Cc1ccc(-c2cc(C(=O)N3CCN(C(=O)c4ccccc4F)CC3)[nH]n2)cc1C. The normalized spacial score (nSPS) is 14.1. The molecule has 154 valence electrons. The van der Waals surface area contributed by atoms with Gasteiger partial charge in [0.25, 0.3) is 11.8 Å². The van der Waals surface area contributed by atoms with Crippen molar-refractivity contribution in [2.24, 2.45) is 0 Å². The maximum absolute atomic E-state index is 13.9.